The zero-order valence-corrected chi connectivity index (χ0v) is 18.9. The molecule has 0 spiro atoms. The van der Waals surface area contributed by atoms with E-state index in [0.717, 1.165) is 12.5 Å². The molecule has 1 aliphatic heterocycles. The number of alkyl halides is 3. The lowest BCUT2D eigenvalue weighted by molar-refractivity contribution is -0.147. The monoisotopic (exact) mass is 488 g/mol. The first-order valence-corrected chi connectivity index (χ1v) is 11.7. The molecule has 176 valence electrons. The number of nitrogens with zero attached hydrogens (tertiary/aromatic N) is 5. The van der Waals surface area contributed by atoms with Crippen LogP contribution in [-0.2, 0) is 10.0 Å². The zero-order valence-electron chi connectivity index (χ0n) is 18.1. The molecule has 12 heteroatoms. The number of fused-ring (bicyclic) bond motifs is 1. The molecular formula is C22H19F3N6O2S. The maximum Gasteiger partial charge on any atom is 0.404 e. The van der Waals surface area contributed by atoms with Gasteiger partial charge in [-0.2, -0.15) is 18.4 Å². The molecule has 0 aromatic carbocycles. The van der Waals surface area contributed by atoms with Crippen molar-refractivity contribution in [3.05, 3.63) is 65.8 Å². The lowest BCUT2D eigenvalue weighted by atomic mass is 10.1. The van der Waals surface area contributed by atoms with Crippen molar-refractivity contribution in [1.82, 2.24) is 19.3 Å². The van der Waals surface area contributed by atoms with Gasteiger partial charge in [0.05, 0.1) is 29.2 Å². The molecule has 0 amide bonds. The predicted octanol–water partition coefficient (Wildman–Crippen LogP) is 3.20. The molecule has 34 heavy (non-hydrogen) atoms. The number of aromatic nitrogens is 3. The number of hydrogen-bond acceptors (Lipinski definition) is 6. The van der Waals surface area contributed by atoms with Crippen molar-refractivity contribution in [3.8, 4) is 11.8 Å². The molecule has 2 atom stereocenters. The Hall–Kier alpha value is -3.56. The average molecular weight is 488 g/mol. The fraction of sp³-hybridized carbons (Fsp3) is 0.273. The summed E-state index contributed by atoms with van der Waals surface area (Å²) in [6.45, 7) is 2.28. The third-order valence-electron chi connectivity index (χ3n) is 5.36. The summed E-state index contributed by atoms with van der Waals surface area (Å²) < 4.78 is 66.8. The fourth-order valence-electron chi connectivity index (χ4n) is 3.63. The van der Waals surface area contributed by atoms with Crippen LogP contribution in [0.15, 0.2) is 53.9 Å². The van der Waals surface area contributed by atoms with Gasteiger partial charge in [0.1, 0.15) is 23.0 Å². The number of aliphatic imine (C=N–C) groups is 1. The van der Waals surface area contributed by atoms with Crippen LogP contribution in [0.1, 0.15) is 23.7 Å². The van der Waals surface area contributed by atoms with Crippen LogP contribution in [-0.4, -0.2) is 52.7 Å². The van der Waals surface area contributed by atoms with E-state index in [2.05, 4.69) is 21.0 Å². The maximum absolute atomic E-state index is 12.8. The summed E-state index contributed by atoms with van der Waals surface area (Å²) in [5.41, 5.74) is 3.05. The van der Waals surface area contributed by atoms with Crippen molar-refractivity contribution in [2.45, 2.75) is 31.3 Å². The van der Waals surface area contributed by atoms with Gasteiger partial charge in [0.25, 0.3) is 0 Å². The molecule has 4 heterocycles. The van der Waals surface area contributed by atoms with Gasteiger partial charge in [-0.1, -0.05) is 6.08 Å². The van der Waals surface area contributed by atoms with E-state index in [1.165, 1.54) is 12.2 Å². The molecule has 8 nitrogen and oxygen atoms in total. The normalized spacial score (nSPS) is 17.4. The van der Waals surface area contributed by atoms with Gasteiger partial charge in [-0.15, -0.1) is 0 Å². The van der Waals surface area contributed by atoms with Gasteiger partial charge in [-0.3, -0.25) is 14.5 Å². The van der Waals surface area contributed by atoms with Gasteiger partial charge >= 0.3 is 6.18 Å². The molecule has 0 fully saturated rings. The molecule has 0 bridgehead atoms. The SMILES string of the molecule is Cc1cnc2c(c1)c(C#N)c(C1=NCC(S(=O)(=O)N[C@@H](C)C(F)(F)F)C=C1)n2-c1ccncc1. The Kier molecular flexibility index (Phi) is 6.01. The van der Waals surface area contributed by atoms with Gasteiger partial charge in [-0.05, 0) is 43.7 Å². The highest BCUT2D eigenvalue weighted by atomic mass is 32.2. The van der Waals surface area contributed by atoms with Crippen LogP contribution in [0.25, 0.3) is 16.7 Å². The number of allylic oxidation sites excluding steroid dienone is 1. The lowest BCUT2D eigenvalue weighted by Gasteiger charge is -2.22. The molecule has 4 rings (SSSR count). The number of halogens is 3. The van der Waals surface area contributed by atoms with E-state index in [1.807, 2.05) is 13.0 Å². The van der Waals surface area contributed by atoms with E-state index < -0.39 is 27.5 Å². The van der Waals surface area contributed by atoms with Crippen molar-refractivity contribution in [2.75, 3.05) is 6.54 Å². The number of nitriles is 1. The van der Waals surface area contributed by atoms with Crippen molar-refractivity contribution in [3.63, 3.8) is 0 Å². The van der Waals surface area contributed by atoms with Crippen molar-refractivity contribution in [2.24, 2.45) is 4.99 Å². The summed E-state index contributed by atoms with van der Waals surface area (Å²) >= 11 is 0. The lowest BCUT2D eigenvalue weighted by Crippen LogP contribution is -2.47. The summed E-state index contributed by atoms with van der Waals surface area (Å²) in [6.07, 6.45) is 2.81. The van der Waals surface area contributed by atoms with Crippen molar-refractivity contribution >= 4 is 26.8 Å². The Bertz CT molecular complexity index is 1450. The van der Waals surface area contributed by atoms with Crippen LogP contribution >= 0.6 is 0 Å². The van der Waals surface area contributed by atoms with Crippen LogP contribution in [0.4, 0.5) is 13.2 Å². The van der Waals surface area contributed by atoms with Gasteiger partial charge in [-0.25, -0.2) is 18.1 Å². The first-order valence-electron chi connectivity index (χ1n) is 10.2. The zero-order chi connectivity index (χ0) is 24.7. The molecule has 0 saturated carbocycles. The van der Waals surface area contributed by atoms with E-state index in [4.69, 9.17) is 0 Å². The first kappa shape index (κ1) is 23.6. The summed E-state index contributed by atoms with van der Waals surface area (Å²) in [5, 5.41) is 9.27. The smallest absolute Gasteiger partial charge is 0.291 e. The quantitative estimate of drug-likeness (QED) is 0.593. The minimum atomic E-state index is -4.71. The van der Waals surface area contributed by atoms with Crippen LogP contribution in [0.2, 0.25) is 0 Å². The maximum atomic E-state index is 12.8. The summed E-state index contributed by atoms with van der Waals surface area (Å²) in [4.78, 5) is 12.8. The summed E-state index contributed by atoms with van der Waals surface area (Å²) in [5.74, 6) is 0. The molecule has 3 aromatic heterocycles. The van der Waals surface area contributed by atoms with E-state index in [1.54, 1.807) is 40.0 Å². The van der Waals surface area contributed by atoms with Crippen molar-refractivity contribution < 1.29 is 21.6 Å². The third-order valence-corrected chi connectivity index (χ3v) is 7.15. The second kappa shape index (κ2) is 8.66. The first-order chi connectivity index (χ1) is 16.0. The Morgan fingerprint density at radius 3 is 2.59 bits per heavy atom. The Labute approximate surface area is 193 Å². The summed E-state index contributed by atoms with van der Waals surface area (Å²) in [7, 11) is -4.34. The molecule has 0 saturated heterocycles. The van der Waals surface area contributed by atoms with Gasteiger partial charge < -0.3 is 0 Å². The van der Waals surface area contributed by atoms with E-state index >= 15 is 0 Å². The Morgan fingerprint density at radius 2 is 2.00 bits per heavy atom. The highest BCUT2D eigenvalue weighted by Crippen LogP contribution is 2.30. The summed E-state index contributed by atoms with van der Waals surface area (Å²) in [6, 6.07) is 5.24. The number of rotatable bonds is 5. The average Bonchev–Trinajstić information content (AvgIpc) is 3.12. The minimum Gasteiger partial charge on any atom is -0.291 e. The minimum absolute atomic E-state index is 0.302. The Morgan fingerprint density at radius 1 is 1.29 bits per heavy atom. The van der Waals surface area contributed by atoms with Gasteiger partial charge in [0.2, 0.25) is 10.0 Å². The molecular weight excluding hydrogens is 469 g/mol. The number of pyridine rings is 2. The Balaban J connectivity index is 1.78. The van der Waals surface area contributed by atoms with Crippen LogP contribution < -0.4 is 4.72 Å². The van der Waals surface area contributed by atoms with Crippen molar-refractivity contribution in [1.29, 1.82) is 5.26 Å². The highest BCUT2D eigenvalue weighted by molar-refractivity contribution is 7.90. The van der Waals surface area contributed by atoms with Crippen LogP contribution in [0.3, 0.4) is 0 Å². The molecule has 0 aliphatic carbocycles. The molecule has 0 radical (unpaired) electrons. The number of dihydropyridines is 1. The number of sulfonamides is 1. The van der Waals surface area contributed by atoms with Gasteiger partial charge in [0.15, 0.2) is 0 Å². The highest BCUT2D eigenvalue weighted by Gasteiger charge is 2.40. The van der Waals surface area contributed by atoms with E-state index in [9.17, 15) is 26.9 Å². The molecule has 1 unspecified atom stereocenters. The number of aryl methyl sites for hydroxylation is 1. The second-order valence-corrected chi connectivity index (χ2v) is 9.74. The van der Waals surface area contributed by atoms with Crippen LogP contribution in [0.5, 0.6) is 0 Å². The third kappa shape index (κ3) is 4.32. The van der Waals surface area contributed by atoms with E-state index in [-0.39, 0.29) is 6.54 Å². The van der Waals surface area contributed by atoms with Gasteiger partial charge in [0, 0.05) is 24.0 Å². The topological polar surface area (TPSA) is 113 Å². The predicted molar refractivity (Wildman–Crippen MR) is 120 cm³/mol. The number of nitrogens with one attached hydrogen (secondary N) is 1. The largest absolute Gasteiger partial charge is 0.404 e. The number of hydrogen-bond donors (Lipinski definition) is 1. The molecule has 1 N–H and O–H groups in total. The van der Waals surface area contributed by atoms with E-state index in [0.29, 0.717) is 33.7 Å². The molecule has 1 aliphatic rings. The standard InChI is InChI=1S/C22H19F3N6O2S/c1-13-9-17-18(10-26)20(31(21(17)29-11-13)15-5-7-27-8-6-15)19-4-3-16(12-28-19)34(32,33)30-14(2)22(23,24)25/h3-9,11,14,16,30H,12H2,1-2H3/t14-,16?/m0/s1. The second-order valence-electron chi connectivity index (χ2n) is 7.81. The fourth-order valence-corrected chi connectivity index (χ4v) is 4.98. The van der Waals surface area contributed by atoms with Crippen LogP contribution in [0, 0.1) is 18.3 Å². The molecule has 3 aromatic rings.